The maximum Gasteiger partial charge on any atom is 0.414 e. The summed E-state index contributed by atoms with van der Waals surface area (Å²) in [6, 6.07) is 28.2. The zero-order chi connectivity index (χ0) is 53.3. The minimum absolute atomic E-state index is 0.00997. The molecule has 0 radical (unpaired) electrons. The molecule has 19 nitrogen and oxygen atoms in total. The first-order chi connectivity index (χ1) is 34.4. The number of ether oxygens (including phenoxy) is 3. The van der Waals surface area contributed by atoms with Gasteiger partial charge in [-0.1, -0.05) is 77.9 Å². The van der Waals surface area contributed by atoms with Crippen LogP contribution in [0.5, 0.6) is 0 Å². The van der Waals surface area contributed by atoms with Gasteiger partial charge in [0.15, 0.2) is 0 Å². The Hall–Kier alpha value is -7.00. The first-order valence-electron chi connectivity index (χ1n) is 24.0. The third kappa shape index (κ3) is 15.3. The molecule has 4 aromatic rings. The lowest BCUT2D eigenvalue weighted by molar-refractivity contribution is -0.144. The minimum atomic E-state index is -3.64. The van der Waals surface area contributed by atoms with E-state index < -0.39 is 28.4 Å². The molecule has 2 unspecified atom stereocenters. The number of anilines is 2. The first-order valence-corrected chi connectivity index (χ1v) is 25.8. The summed E-state index contributed by atoms with van der Waals surface area (Å²) in [6.45, 7) is 18.7. The van der Waals surface area contributed by atoms with Crippen molar-refractivity contribution in [2.24, 2.45) is 0 Å². The van der Waals surface area contributed by atoms with Crippen LogP contribution in [-0.4, -0.2) is 144 Å². The molecule has 3 aliphatic rings. The van der Waals surface area contributed by atoms with Gasteiger partial charge < -0.3 is 24.8 Å². The number of hydrogen-bond donors (Lipinski definition) is 4. The summed E-state index contributed by atoms with van der Waals surface area (Å²) in [5.41, 5.74) is 4.60. The van der Waals surface area contributed by atoms with E-state index >= 15 is 0 Å². The van der Waals surface area contributed by atoms with Gasteiger partial charge in [-0.05, 0) is 89.5 Å². The van der Waals surface area contributed by atoms with E-state index in [1.54, 1.807) is 78.6 Å². The standard InChI is InChI=1S/C30H39N5O5.C23H27N3O6S/c1-5-39-26(36)20-34-16-14-33(15-17-34)18-23-19-35(29(38)40-23)22-12-10-21(11-13-22)27(31)32-28(37)24-8-6-7-9-25(24)30(2,3)4;1-23(2,3)19-8-6-5-7-18(19)21(27)25-20(24)15-9-11-16(12-10-15)26-13-17(32-22(26)28)14-31-33(4,29)30/h6-13,23H,5,14-20H2,1-4H3,(H2,31,32,37);5-12,17H,13-14H2,1-4H3,(H2,24,25,27). The Morgan fingerprint density at radius 3 is 1.48 bits per heavy atom. The molecule has 0 saturated carbocycles. The van der Waals surface area contributed by atoms with Crippen molar-refractivity contribution in [2.75, 3.05) is 81.6 Å². The second-order valence-electron chi connectivity index (χ2n) is 19.9. The van der Waals surface area contributed by atoms with Crippen LogP contribution in [0.1, 0.15) is 91.4 Å². The molecule has 390 valence electrons. The summed E-state index contributed by atoms with van der Waals surface area (Å²) >= 11 is 0. The SMILES string of the molecule is CC(C)(C)c1ccccc1C(=O)NC(=N)c1ccc(N2CC(COS(C)(=O)=O)OC2=O)cc1.CCOC(=O)CN1CCN(CC2CN(c3ccc(C(=N)NC(=O)c4ccccc4C(C)(C)C)cc3)C(=O)O2)CC1. The summed E-state index contributed by atoms with van der Waals surface area (Å²) in [6.07, 6.45) is -1.07. The molecular weight excluding hydrogens is 957 g/mol. The number of amides is 4. The fourth-order valence-corrected chi connectivity index (χ4v) is 8.84. The van der Waals surface area contributed by atoms with Crippen LogP contribution < -0.4 is 20.4 Å². The molecule has 20 heteroatoms. The van der Waals surface area contributed by atoms with Gasteiger partial charge in [-0.3, -0.25) is 49.0 Å². The molecule has 0 aliphatic carbocycles. The van der Waals surface area contributed by atoms with Crippen molar-refractivity contribution in [1.29, 1.82) is 10.8 Å². The normalized spacial score (nSPS) is 17.5. The van der Waals surface area contributed by atoms with Crippen molar-refractivity contribution in [3.63, 3.8) is 0 Å². The van der Waals surface area contributed by atoms with E-state index in [4.69, 9.17) is 29.2 Å². The number of esters is 1. The van der Waals surface area contributed by atoms with E-state index in [1.807, 2.05) is 71.9 Å². The highest BCUT2D eigenvalue weighted by atomic mass is 32.2. The van der Waals surface area contributed by atoms with Gasteiger partial charge in [0.2, 0.25) is 0 Å². The lowest BCUT2D eigenvalue weighted by Gasteiger charge is -2.34. The van der Waals surface area contributed by atoms with Crippen LogP contribution in [0.4, 0.5) is 21.0 Å². The number of piperazine rings is 1. The van der Waals surface area contributed by atoms with E-state index in [2.05, 4.69) is 20.4 Å². The van der Waals surface area contributed by atoms with Crippen LogP contribution in [0.25, 0.3) is 0 Å². The van der Waals surface area contributed by atoms with Crippen molar-refractivity contribution < 1.29 is 50.8 Å². The Bertz CT molecular complexity index is 2780. The quantitative estimate of drug-likeness (QED) is 0.0358. The fraction of sp³-hybridized carbons (Fsp3) is 0.415. The molecule has 4 N–H and O–H groups in total. The van der Waals surface area contributed by atoms with E-state index in [0.717, 1.165) is 43.6 Å². The molecular formula is C53H66N8O11S. The Labute approximate surface area is 427 Å². The molecule has 4 amide bonds. The van der Waals surface area contributed by atoms with Crippen molar-refractivity contribution in [2.45, 2.75) is 71.5 Å². The predicted molar refractivity (Wildman–Crippen MR) is 277 cm³/mol. The smallest absolute Gasteiger partial charge is 0.414 e. The lowest BCUT2D eigenvalue weighted by atomic mass is 9.83. The maximum atomic E-state index is 13.0. The number of nitrogens with one attached hydrogen (secondary N) is 4. The number of carbonyl (C=O) groups excluding carboxylic acids is 5. The van der Waals surface area contributed by atoms with Crippen molar-refractivity contribution in [1.82, 2.24) is 20.4 Å². The molecule has 0 aromatic heterocycles. The Morgan fingerprint density at radius 2 is 1.05 bits per heavy atom. The Kier molecular flexibility index (Phi) is 18.0. The number of nitrogens with zero attached hydrogens (tertiary/aromatic N) is 4. The van der Waals surface area contributed by atoms with Gasteiger partial charge >= 0.3 is 18.2 Å². The second-order valence-corrected chi connectivity index (χ2v) is 21.6. The monoisotopic (exact) mass is 1020 g/mol. The van der Waals surface area contributed by atoms with Crippen molar-refractivity contribution in [3.05, 3.63) is 130 Å². The summed E-state index contributed by atoms with van der Waals surface area (Å²) in [5, 5.41) is 22.0. The van der Waals surface area contributed by atoms with Crippen LogP contribution >= 0.6 is 0 Å². The molecule has 3 saturated heterocycles. The van der Waals surface area contributed by atoms with Crippen molar-refractivity contribution >= 4 is 63.1 Å². The molecule has 2 atom stereocenters. The molecule has 7 rings (SSSR count). The number of carbonyl (C=O) groups is 5. The molecule has 3 aliphatic heterocycles. The highest BCUT2D eigenvalue weighted by Crippen LogP contribution is 2.28. The fourth-order valence-electron chi connectivity index (χ4n) is 8.45. The van der Waals surface area contributed by atoms with Crippen molar-refractivity contribution in [3.8, 4) is 0 Å². The van der Waals surface area contributed by atoms with Gasteiger partial charge in [0.05, 0.1) is 32.5 Å². The van der Waals surface area contributed by atoms with Crippen LogP contribution in [0.3, 0.4) is 0 Å². The van der Waals surface area contributed by atoms with Crippen LogP contribution in [0.2, 0.25) is 0 Å². The van der Waals surface area contributed by atoms with E-state index in [9.17, 15) is 32.4 Å². The number of cyclic esters (lactones) is 2. The largest absolute Gasteiger partial charge is 0.465 e. The highest BCUT2D eigenvalue weighted by Gasteiger charge is 2.35. The summed E-state index contributed by atoms with van der Waals surface area (Å²) in [7, 11) is -3.64. The summed E-state index contributed by atoms with van der Waals surface area (Å²) < 4.78 is 42.8. The van der Waals surface area contributed by atoms with Crippen LogP contribution in [0.15, 0.2) is 97.1 Å². The average molecular weight is 1020 g/mol. The number of amidine groups is 2. The second kappa shape index (κ2) is 23.7. The summed E-state index contributed by atoms with van der Waals surface area (Å²) in [4.78, 5) is 69.5. The molecule has 3 fully saturated rings. The lowest BCUT2D eigenvalue weighted by Crippen LogP contribution is -2.50. The number of rotatable bonds is 14. The Morgan fingerprint density at radius 1 is 0.644 bits per heavy atom. The molecule has 0 bridgehead atoms. The van der Waals surface area contributed by atoms with Gasteiger partial charge in [-0.15, -0.1) is 0 Å². The van der Waals surface area contributed by atoms with E-state index in [0.29, 0.717) is 59.9 Å². The predicted octanol–water partition coefficient (Wildman–Crippen LogP) is 6.29. The molecule has 73 heavy (non-hydrogen) atoms. The topological polar surface area (TPSA) is 241 Å². The van der Waals surface area contributed by atoms with Gasteiger partial charge in [-0.25, -0.2) is 9.59 Å². The third-order valence-electron chi connectivity index (χ3n) is 12.2. The van der Waals surface area contributed by atoms with Gasteiger partial charge in [0.1, 0.15) is 30.5 Å². The Balaban J connectivity index is 0.000000243. The highest BCUT2D eigenvalue weighted by molar-refractivity contribution is 7.86. The third-order valence-corrected chi connectivity index (χ3v) is 12.7. The maximum absolute atomic E-state index is 13.0. The first kappa shape index (κ1) is 55.3. The summed E-state index contributed by atoms with van der Waals surface area (Å²) in [5.74, 6) is -0.979. The zero-order valence-electron chi connectivity index (χ0n) is 42.7. The van der Waals surface area contributed by atoms with Gasteiger partial charge in [-0.2, -0.15) is 8.42 Å². The number of hydrogen-bond acceptors (Lipinski definition) is 15. The van der Waals surface area contributed by atoms with E-state index in [1.165, 1.54) is 4.90 Å². The molecule has 0 spiro atoms. The zero-order valence-corrected chi connectivity index (χ0v) is 43.5. The average Bonchev–Trinajstić information content (AvgIpc) is 3.91. The van der Waals surface area contributed by atoms with Gasteiger partial charge in [0, 0.05) is 66.4 Å². The van der Waals surface area contributed by atoms with E-state index in [-0.39, 0.29) is 59.5 Å². The molecule has 4 aromatic carbocycles. The number of benzene rings is 4. The van der Waals surface area contributed by atoms with Crippen LogP contribution in [-0.2, 0) is 44.1 Å². The van der Waals surface area contributed by atoms with Gasteiger partial charge in [0.25, 0.3) is 21.9 Å². The minimum Gasteiger partial charge on any atom is -0.465 e. The van der Waals surface area contributed by atoms with Crippen LogP contribution in [0, 0.1) is 10.8 Å². The molecule has 3 heterocycles.